The van der Waals surface area contributed by atoms with Crippen molar-refractivity contribution in [2.45, 2.75) is 32.1 Å². The van der Waals surface area contributed by atoms with Crippen LogP contribution in [0.3, 0.4) is 0 Å². The molecule has 0 aliphatic carbocycles. The number of benzene rings is 2. The summed E-state index contributed by atoms with van der Waals surface area (Å²) >= 11 is 0. The molecule has 2 N–H and O–H groups in total. The third kappa shape index (κ3) is 6.85. The van der Waals surface area contributed by atoms with Crippen molar-refractivity contribution >= 4 is 29.2 Å². The minimum atomic E-state index is -4.82. The van der Waals surface area contributed by atoms with Gasteiger partial charge in [-0.3, -0.25) is 24.2 Å². The smallest absolute Gasteiger partial charge is 0.379 e. The molecule has 0 spiro atoms. The van der Waals surface area contributed by atoms with Crippen LogP contribution in [-0.2, 0) is 20.6 Å². The molecule has 4 heterocycles. The van der Waals surface area contributed by atoms with Crippen LogP contribution < -0.4 is 15.5 Å². The van der Waals surface area contributed by atoms with Crippen molar-refractivity contribution in [3.63, 3.8) is 0 Å². The highest BCUT2D eigenvalue weighted by atomic mass is 19.4. The van der Waals surface area contributed by atoms with E-state index in [9.17, 15) is 27.6 Å². The standard InChI is InChI=1S/C34H35F3N8O4/c1-4-43-32-27(22(3)40-45(32)25-11-6-5-7-12-25)28(29(33(43)48)39-31(47)26-13-14-44(41-26)34(35,36)37)23-9-8-10-24(19-23)38-30(46)21(2)20-42-15-17-49-18-16-42/h5-14,19,28-29H,2,4,15-18,20H2,1,3H3,(H,38,46)(H,39,47)/t28-,29+/m0/s1. The number of alkyl halides is 3. The van der Waals surface area contributed by atoms with Crippen LogP contribution in [-0.4, -0.2) is 87.6 Å². The normalized spacial score (nSPS) is 18.2. The number of hydrogen-bond donors (Lipinski definition) is 2. The summed E-state index contributed by atoms with van der Waals surface area (Å²) in [5, 5.41) is 13.8. The number of nitrogens with one attached hydrogen (secondary N) is 2. The number of aryl methyl sites for hydroxylation is 1. The van der Waals surface area contributed by atoms with Crippen molar-refractivity contribution in [3.05, 3.63) is 102 Å². The molecule has 3 amide bonds. The van der Waals surface area contributed by atoms with Crippen LogP contribution in [0.1, 0.15) is 40.2 Å². The highest BCUT2D eigenvalue weighted by Gasteiger charge is 2.46. The maximum Gasteiger partial charge on any atom is 0.504 e. The summed E-state index contributed by atoms with van der Waals surface area (Å²) in [7, 11) is 0. The first-order valence-electron chi connectivity index (χ1n) is 15.8. The molecule has 1 saturated heterocycles. The largest absolute Gasteiger partial charge is 0.504 e. The number of hydrogen-bond acceptors (Lipinski definition) is 7. The van der Waals surface area contributed by atoms with E-state index in [1.807, 2.05) is 30.3 Å². The summed E-state index contributed by atoms with van der Waals surface area (Å²) in [5.41, 5.74) is 2.76. The summed E-state index contributed by atoms with van der Waals surface area (Å²) in [5.74, 6) is -2.16. The molecule has 2 aromatic heterocycles. The fraction of sp³-hybridized carbons (Fsp3) is 0.324. The summed E-state index contributed by atoms with van der Waals surface area (Å²) in [6.45, 7) is 10.7. The zero-order valence-electron chi connectivity index (χ0n) is 26.9. The second-order valence-electron chi connectivity index (χ2n) is 11.8. The summed E-state index contributed by atoms with van der Waals surface area (Å²) in [6.07, 6.45) is -4.18. The highest BCUT2D eigenvalue weighted by molar-refractivity contribution is 6.05. The molecule has 12 nitrogen and oxygen atoms in total. The number of morpholine rings is 1. The minimum Gasteiger partial charge on any atom is -0.379 e. The lowest BCUT2D eigenvalue weighted by Crippen LogP contribution is -2.55. The Labute approximate surface area is 280 Å². The Morgan fingerprint density at radius 1 is 1.04 bits per heavy atom. The molecule has 2 aliphatic heterocycles. The van der Waals surface area contributed by atoms with Crippen molar-refractivity contribution in [2.24, 2.45) is 0 Å². The van der Waals surface area contributed by atoms with Gasteiger partial charge in [-0.15, -0.1) is 13.2 Å². The van der Waals surface area contributed by atoms with Gasteiger partial charge in [-0.25, -0.2) is 4.68 Å². The van der Waals surface area contributed by atoms with E-state index in [1.54, 1.807) is 42.8 Å². The Morgan fingerprint density at radius 2 is 1.78 bits per heavy atom. The van der Waals surface area contributed by atoms with Gasteiger partial charge >= 0.3 is 6.30 Å². The van der Waals surface area contributed by atoms with E-state index in [0.29, 0.717) is 78.6 Å². The van der Waals surface area contributed by atoms with Crippen LogP contribution in [0.4, 0.5) is 24.7 Å². The topological polar surface area (TPSA) is 127 Å². The van der Waals surface area contributed by atoms with Crippen molar-refractivity contribution in [3.8, 4) is 5.69 Å². The molecule has 15 heteroatoms. The number of fused-ring (bicyclic) bond motifs is 1. The van der Waals surface area contributed by atoms with Gasteiger partial charge in [-0.2, -0.15) is 14.9 Å². The van der Waals surface area contributed by atoms with E-state index >= 15 is 0 Å². The SMILES string of the molecule is C=C(CN1CCOCC1)C(=O)Nc1cccc([C@H]2c3c(C)nn(-c4ccccc4)c3N(CC)C(=O)[C@@H]2NC(=O)c2ccn(C(F)(F)F)n2)c1. The number of amides is 3. The molecular weight excluding hydrogens is 641 g/mol. The quantitative estimate of drug-likeness (QED) is 0.257. The van der Waals surface area contributed by atoms with Crippen LogP contribution in [0.2, 0.25) is 0 Å². The first-order valence-corrected chi connectivity index (χ1v) is 15.8. The summed E-state index contributed by atoms with van der Waals surface area (Å²) in [4.78, 5) is 44.5. The predicted molar refractivity (Wildman–Crippen MR) is 174 cm³/mol. The fourth-order valence-electron chi connectivity index (χ4n) is 6.22. The van der Waals surface area contributed by atoms with Crippen molar-refractivity contribution < 1.29 is 32.3 Å². The molecule has 2 aromatic carbocycles. The number of rotatable bonds is 9. The van der Waals surface area contributed by atoms with Gasteiger partial charge < -0.3 is 15.4 Å². The Kier molecular flexibility index (Phi) is 9.39. The third-order valence-electron chi connectivity index (χ3n) is 8.54. The van der Waals surface area contributed by atoms with E-state index in [1.165, 1.54) is 4.90 Å². The number of aromatic nitrogens is 4. The number of halogens is 3. The summed E-state index contributed by atoms with van der Waals surface area (Å²) in [6, 6.07) is 15.8. The molecule has 0 saturated carbocycles. The number of ether oxygens (including phenoxy) is 1. The zero-order chi connectivity index (χ0) is 34.9. The molecule has 0 unspecified atom stereocenters. The Hall–Kier alpha value is -5.28. The molecule has 2 aliphatic rings. The number of anilines is 2. The van der Waals surface area contributed by atoms with Gasteiger partial charge in [0.15, 0.2) is 0 Å². The van der Waals surface area contributed by atoms with Crippen LogP contribution in [0.15, 0.2) is 79.0 Å². The number of carbonyl (C=O) groups is 3. The molecule has 0 bridgehead atoms. The third-order valence-corrected chi connectivity index (χ3v) is 8.54. The van der Waals surface area contributed by atoms with E-state index in [-0.39, 0.29) is 17.1 Å². The molecule has 6 rings (SSSR count). The van der Waals surface area contributed by atoms with Crippen LogP contribution >= 0.6 is 0 Å². The Bertz CT molecular complexity index is 1880. The van der Waals surface area contributed by atoms with Crippen LogP contribution in [0, 0.1) is 6.92 Å². The molecule has 256 valence electrons. The lowest BCUT2D eigenvalue weighted by molar-refractivity contribution is -0.212. The average Bonchev–Trinajstić information content (AvgIpc) is 3.72. The minimum absolute atomic E-state index is 0.215. The average molecular weight is 677 g/mol. The lowest BCUT2D eigenvalue weighted by atomic mass is 9.81. The van der Waals surface area contributed by atoms with Crippen LogP contribution in [0.25, 0.3) is 5.69 Å². The Morgan fingerprint density at radius 3 is 2.45 bits per heavy atom. The van der Waals surface area contributed by atoms with E-state index in [2.05, 4.69) is 27.2 Å². The second-order valence-corrected chi connectivity index (χ2v) is 11.8. The number of nitrogens with zero attached hydrogens (tertiary/aromatic N) is 6. The van der Waals surface area contributed by atoms with Crippen molar-refractivity contribution in [1.29, 1.82) is 0 Å². The Balaban J connectivity index is 1.39. The van der Waals surface area contributed by atoms with Gasteiger partial charge in [-0.1, -0.05) is 36.9 Å². The molecule has 4 aromatic rings. The highest BCUT2D eigenvalue weighted by Crippen LogP contribution is 2.44. The van der Waals surface area contributed by atoms with Crippen molar-refractivity contribution in [1.82, 2.24) is 29.8 Å². The first kappa shape index (κ1) is 33.6. The van der Waals surface area contributed by atoms with E-state index < -0.39 is 35.8 Å². The number of carbonyl (C=O) groups excluding carboxylic acids is 3. The van der Waals surface area contributed by atoms with Crippen molar-refractivity contribution in [2.75, 3.05) is 49.6 Å². The second kappa shape index (κ2) is 13.7. The zero-order valence-corrected chi connectivity index (χ0v) is 26.9. The van der Waals surface area contributed by atoms with Crippen LogP contribution in [0.5, 0.6) is 0 Å². The molecule has 0 radical (unpaired) electrons. The van der Waals surface area contributed by atoms with Gasteiger partial charge in [0.1, 0.15) is 17.6 Å². The maximum atomic E-state index is 14.3. The molecule has 1 fully saturated rings. The van der Waals surface area contributed by atoms with Gasteiger partial charge in [0.05, 0.1) is 24.6 Å². The number of likely N-dealkylation sites (N-methyl/N-ethyl adjacent to an activating group) is 1. The van der Waals surface area contributed by atoms with E-state index in [4.69, 9.17) is 9.84 Å². The molecular formula is C34H35F3N8O4. The molecule has 49 heavy (non-hydrogen) atoms. The maximum absolute atomic E-state index is 14.3. The van der Waals surface area contributed by atoms with E-state index in [0.717, 1.165) is 6.07 Å². The van der Waals surface area contributed by atoms with Gasteiger partial charge in [0, 0.05) is 55.1 Å². The number of para-hydroxylation sites is 1. The lowest BCUT2D eigenvalue weighted by Gasteiger charge is -2.38. The van der Waals surface area contributed by atoms with Gasteiger partial charge in [0.2, 0.25) is 0 Å². The monoisotopic (exact) mass is 676 g/mol. The predicted octanol–water partition coefficient (Wildman–Crippen LogP) is 3.98. The van der Waals surface area contributed by atoms with Gasteiger partial charge in [0.25, 0.3) is 17.7 Å². The molecule has 2 atom stereocenters. The first-order chi connectivity index (χ1) is 23.5. The summed E-state index contributed by atoms with van der Waals surface area (Å²) < 4.78 is 46.6. The van der Waals surface area contributed by atoms with Gasteiger partial charge in [-0.05, 0) is 49.7 Å². The fourth-order valence-corrected chi connectivity index (χ4v) is 6.22.